The van der Waals surface area contributed by atoms with Gasteiger partial charge in [-0.2, -0.15) is 0 Å². The van der Waals surface area contributed by atoms with Gasteiger partial charge in [-0.1, -0.05) is 15.9 Å². The van der Waals surface area contributed by atoms with Crippen molar-refractivity contribution in [1.82, 2.24) is 0 Å². The standard InChI is InChI=1S/C13H19BrN2O2/c1-8-5-9(14)6-10(15)12(8)16-11(17)7-18-13(2,3)4/h5-6H,7,15H2,1-4H3,(H,16,17). The van der Waals surface area contributed by atoms with Crippen molar-refractivity contribution in [3.63, 3.8) is 0 Å². The minimum Gasteiger partial charge on any atom is -0.397 e. The lowest BCUT2D eigenvalue weighted by Crippen LogP contribution is -2.27. The van der Waals surface area contributed by atoms with Crippen molar-refractivity contribution in [3.05, 3.63) is 22.2 Å². The Balaban J connectivity index is 2.71. The molecule has 1 aromatic carbocycles. The fraction of sp³-hybridized carbons (Fsp3) is 0.462. The van der Waals surface area contributed by atoms with E-state index >= 15 is 0 Å². The maximum Gasteiger partial charge on any atom is 0.250 e. The highest BCUT2D eigenvalue weighted by Crippen LogP contribution is 2.27. The number of ether oxygens (including phenoxy) is 1. The zero-order valence-corrected chi connectivity index (χ0v) is 12.7. The minimum atomic E-state index is -0.336. The fourth-order valence-corrected chi connectivity index (χ4v) is 1.99. The topological polar surface area (TPSA) is 64.3 Å². The monoisotopic (exact) mass is 314 g/mol. The molecule has 100 valence electrons. The molecule has 1 amide bonds. The number of carbonyl (C=O) groups excluding carboxylic acids is 1. The molecule has 0 atom stereocenters. The van der Waals surface area contributed by atoms with Gasteiger partial charge in [-0.15, -0.1) is 0 Å². The number of nitrogens with one attached hydrogen (secondary N) is 1. The lowest BCUT2D eigenvalue weighted by Gasteiger charge is -2.19. The number of benzene rings is 1. The molecule has 0 unspecified atom stereocenters. The number of carbonyl (C=O) groups is 1. The first kappa shape index (κ1) is 15.0. The molecule has 3 N–H and O–H groups in total. The Hall–Kier alpha value is -1.07. The van der Waals surface area contributed by atoms with Crippen LogP contribution in [0.2, 0.25) is 0 Å². The lowest BCUT2D eigenvalue weighted by molar-refractivity contribution is -0.125. The Morgan fingerprint density at radius 2 is 2.06 bits per heavy atom. The van der Waals surface area contributed by atoms with Crippen molar-refractivity contribution in [2.24, 2.45) is 0 Å². The van der Waals surface area contributed by atoms with Crippen LogP contribution in [0.3, 0.4) is 0 Å². The van der Waals surface area contributed by atoms with Crippen LogP contribution in [0.1, 0.15) is 26.3 Å². The molecule has 0 radical (unpaired) electrons. The number of nitrogens with two attached hydrogens (primary N) is 1. The molecule has 5 heteroatoms. The van der Waals surface area contributed by atoms with Crippen LogP contribution in [0.15, 0.2) is 16.6 Å². The highest BCUT2D eigenvalue weighted by atomic mass is 79.9. The normalized spacial score (nSPS) is 11.4. The first-order chi connectivity index (χ1) is 8.19. The number of hydrogen-bond donors (Lipinski definition) is 2. The Bertz CT molecular complexity index is 430. The molecule has 0 bridgehead atoms. The summed E-state index contributed by atoms with van der Waals surface area (Å²) in [7, 11) is 0. The molecule has 0 saturated carbocycles. The first-order valence-electron chi connectivity index (χ1n) is 5.68. The maximum atomic E-state index is 11.7. The summed E-state index contributed by atoms with van der Waals surface area (Å²) in [4.78, 5) is 11.7. The number of rotatable bonds is 3. The molecule has 4 nitrogen and oxygen atoms in total. The van der Waals surface area contributed by atoms with E-state index in [1.165, 1.54) is 0 Å². The van der Waals surface area contributed by atoms with E-state index in [1.807, 2.05) is 33.8 Å². The summed E-state index contributed by atoms with van der Waals surface area (Å²) in [5, 5.41) is 2.77. The van der Waals surface area contributed by atoms with Crippen LogP contribution >= 0.6 is 15.9 Å². The van der Waals surface area contributed by atoms with Crippen molar-refractivity contribution in [2.45, 2.75) is 33.3 Å². The van der Waals surface area contributed by atoms with Gasteiger partial charge in [0.1, 0.15) is 6.61 Å². The molecule has 0 spiro atoms. The van der Waals surface area contributed by atoms with Gasteiger partial charge in [0.2, 0.25) is 5.91 Å². The average Bonchev–Trinajstić information content (AvgIpc) is 2.19. The Labute approximate surface area is 116 Å². The molecular weight excluding hydrogens is 296 g/mol. The van der Waals surface area contributed by atoms with Crippen LogP contribution in [-0.2, 0) is 9.53 Å². The molecule has 0 heterocycles. The molecule has 0 fully saturated rings. The number of nitrogen functional groups attached to an aromatic ring is 1. The summed E-state index contributed by atoms with van der Waals surface area (Å²) < 4.78 is 6.29. The van der Waals surface area contributed by atoms with Gasteiger partial charge >= 0.3 is 0 Å². The van der Waals surface area contributed by atoms with Crippen molar-refractivity contribution in [3.8, 4) is 0 Å². The summed E-state index contributed by atoms with van der Waals surface area (Å²) in [6, 6.07) is 3.66. The predicted molar refractivity (Wildman–Crippen MR) is 77.6 cm³/mol. The van der Waals surface area contributed by atoms with E-state index < -0.39 is 0 Å². The van der Waals surface area contributed by atoms with Crippen molar-refractivity contribution in [1.29, 1.82) is 0 Å². The van der Waals surface area contributed by atoms with E-state index in [4.69, 9.17) is 10.5 Å². The van der Waals surface area contributed by atoms with E-state index in [-0.39, 0.29) is 18.1 Å². The molecule has 1 aromatic rings. The summed E-state index contributed by atoms with van der Waals surface area (Å²) in [5.41, 5.74) is 7.61. The molecule has 0 saturated heterocycles. The minimum absolute atomic E-state index is 0.0123. The SMILES string of the molecule is Cc1cc(Br)cc(N)c1NC(=O)COC(C)(C)C. The van der Waals surface area contributed by atoms with E-state index in [1.54, 1.807) is 6.07 Å². The lowest BCUT2D eigenvalue weighted by atomic mass is 10.1. The summed E-state index contributed by atoms with van der Waals surface area (Å²) >= 11 is 3.35. The number of hydrogen-bond acceptors (Lipinski definition) is 3. The molecular formula is C13H19BrN2O2. The highest BCUT2D eigenvalue weighted by Gasteiger charge is 2.14. The van der Waals surface area contributed by atoms with Crippen molar-refractivity contribution >= 4 is 33.2 Å². The van der Waals surface area contributed by atoms with Gasteiger partial charge in [0, 0.05) is 4.47 Å². The number of anilines is 2. The Morgan fingerprint density at radius 1 is 1.44 bits per heavy atom. The molecule has 0 aliphatic carbocycles. The van der Waals surface area contributed by atoms with Gasteiger partial charge in [-0.3, -0.25) is 4.79 Å². The zero-order chi connectivity index (χ0) is 13.9. The molecule has 0 aliphatic heterocycles. The van der Waals surface area contributed by atoms with Gasteiger partial charge in [-0.05, 0) is 45.4 Å². The van der Waals surface area contributed by atoms with Crippen molar-refractivity contribution < 1.29 is 9.53 Å². The van der Waals surface area contributed by atoms with Crippen LogP contribution in [-0.4, -0.2) is 18.1 Å². The van der Waals surface area contributed by atoms with Crippen LogP contribution in [0.5, 0.6) is 0 Å². The number of halogens is 1. The molecule has 18 heavy (non-hydrogen) atoms. The second kappa shape index (κ2) is 5.71. The highest BCUT2D eigenvalue weighted by molar-refractivity contribution is 9.10. The largest absolute Gasteiger partial charge is 0.397 e. The molecule has 1 rings (SSSR count). The van der Waals surface area contributed by atoms with Crippen molar-refractivity contribution in [2.75, 3.05) is 17.7 Å². The average molecular weight is 315 g/mol. The molecule has 0 aromatic heterocycles. The quantitative estimate of drug-likeness (QED) is 0.843. The van der Waals surface area contributed by atoms with Gasteiger partial charge in [0.05, 0.1) is 17.0 Å². The van der Waals surface area contributed by atoms with E-state index in [9.17, 15) is 4.79 Å². The fourth-order valence-electron chi connectivity index (χ4n) is 1.40. The second-order valence-electron chi connectivity index (χ2n) is 5.14. The van der Waals surface area contributed by atoms with E-state index in [0.29, 0.717) is 11.4 Å². The maximum absolute atomic E-state index is 11.7. The Morgan fingerprint density at radius 3 is 2.56 bits per heavy atom. The van der Waals surface area contributed by atoms with Gasteiger partial charge in [0.25, 0.3) is 0 Å². The Kier molecular flexibility index (Phi) is 4.76. The van der Waals surface area contributed by atoms with Gasteiger partial charge < -0.3 is 15.8 Å². The summed E-state index contributed by atoms with van der Waals surface area (Å²) in [5.74, 6) is -0.206. The third kappa shape index (κ3) is 4.66. The van der Waals surface area contributed by atoms with E-state index in [0.717, 1.165) is 10.0 Å². The summed E-state index contributed by atoms with van der Waals surface area (Å²) in [6.07, 6.45) is 0. The van der Waals surface area contributed by atoms with Gasteiger partial charge in [-0.25, -0.2) is 0 Å². The summed E-state index contributed by atoms with van der Waals surface area (Å²) in [6.45, 7) is 7.61. The third-order valence-corrected chi connectivity index (χ3v) is 2.69. The van der Waals surface area contributed by atoms with Crippen LogP contribution < -0.4 is 11.1 Å². The molecule has 0 aliphatic rings. The first-order valence-corrected chi connectivity index (χ1v) is 6.48. The van der Waals surface area contributed by atoms with Gasteiger partial charge in [0.15, 0.2) is 0 Å². The predicted octanol–water partition coefficient (Wildman–Crippen LogP) is 3.09. The van der Waals surface area contributed by atoms with E-state index in [2.05, 4.69) is 21.2 Å². The smallest absolute Gasteiger partial charge is 0.250 e. The van der Waals surface area contributed by atoms with Crippen LogP contribution in [0.4, 0.5) is 11.4 Å². The number of amides is 1. The zero-order valence-electron chi connectivity index (χ0n) is 11.1. The second-order valence-corrected chi connectivity index (χ2v) is 6.05. The van der Waals surface area contributed by atoms with Crippen LogP contribution in [0.25, 0.3) is 0 Å². The third-order valence-electron chi connectivity index (χ3n) is 2.23. The number of aryl methyl sites for hydroxylation is 1. The van der Waals surface area contributed by atoms with Crippen LogP contribution in [0, 0.1) is 6.92 Å².